The lowest BCUT2D eigenvalue weighted by atomic mass is 10.1. The zero-order valence-corrected chi connectivity index (χ0v) is 10.2. The average Bonchev–Trinajstić information content (AvgIpc) is 2.71. The molecule has 1 amide bonds. The number of rotatable bonds is 5. The molecule has 3 N–H and O–H groups in total. The van der Waals surface area contributed by atoms with Gasteiger partial charge in [0.15, 0.2) is 0 Å². The normalized spacial score (nSPS) is 12.5. The summed E-state index contributed by atoms with van der Waals surface area (Å²) in [6, 6.07) is 0. The minimum Gasteiger partial charge on any atom is -0.339 e. The standard InChI is InChI=1S/C11H20N4O/c1-4-15(7-8(2)5-12)11(16)10-6-13-14-9(10)3/h6,8H,4-5,7,12H2,1-3H3,(H,13,14). The number of aryl methyl sites for hydroxylation is 1. The first-order chi connectivity index (χ1) is 7.60. The number of carbonyl (C=O) groups excluding carboxylic acids is 1. The van der Waals surface area contributed by atoms with Crippen LogP contribution in [0.5, 0.6) is 0 Å². The van der Waals surface area contributed by atoms with E-state index in [2.05, 4.69) is 10.2 Å². The Morgan fingerprint density at radius 1 is 1.69 bits per heavy atom. The largest absolute Gasteiger partial charge is 0.339 e. The van der Waals surface area contributed by atoms with Gasteiger partial charge in [-0.3, -0.25) is 9.89 Å². The van der Waals surface area contributed by atoms with Gasteiger partial charge in [0.2, 0.25) is 0 Å². The quantitative estimate of drug-likeness (QED) is 0.776. The summed E-state index contributed by atoms with van der Waals surface area (Å²) in [5.41, 5.74) is 7.02. The molecule has 1 aromatic heterocycles. The number of amides is 1. The molecule has 0 aromatic carbocycles. The molecule has 16 heavy (non-hydrogen) atoms. The Labute approximate surface area is 96.0 Å². The van der Waals surface area contributed by atoms with Gasteiger partial charge in [-0.15, -0.1) is 0 Å². The number of hydrogen-bond donors (Lipinski definition) is 2. The Morgan fingerprint density at radius 2 is 2.38 bits per heavy atom. The van der Waals surface area contributed by atoms with E-state index in [1.807, 2.05) is 20.8 Å². The van der Waals surface area contributed by atoms with Gasteiger partial charge in [-0.1, -0.05) is 6.92 Å². The van der Waals surface area contributed by atoms with E-state index in [1.165, 1.54) is 0 Å². The predicted octanol–water partition coefficient (Wildman–Crippen LogP) is 0.775. The molecule has 1 rings (SSSR count). The first kappa shape index (κ1) is 12.7. The van der Waals surface area contributed by atoms with Crippen molar-refractivity contribution in [3.63, 3.8) is 0 Å². The zero-order valence-electron chi connectivity index (χ0n) is 10.2. The minimum absolute atomic E-state index is 0.0223. The summed E-state index contributed by atoms with van der Waals surface area (Å²) in [5.74, 6) is 0.338. The van der Waals surface area contributed by atoms with Crippen LogP contribution in [0.4, 0.5) is 0 Å². The van der Waals surface area contributed by atoms with Crippen LogP contribution in [0.2, 0.25) is 0 Å². The topological polar surface area (TPSA) is 75.0 Å². The Hall–Kier alpha value is -1.36. The number of carbonyl (C=O) groups is 1. The zero-order chi connectivity index (χ0) is 12.1. The monoisotopic (exact) mass is 224 g/mol. The molecular formula is C11H20N4O. The van der Waals surface area contributed by atoms with Crippen LogP contribution in [0.3, 0.4) is 0 Å². The minimum atomic E-state index is 0.0223. The van der Waals surface area contributed by atoms with Gasteiger partial charge in [-0.2, -0.15) is 5.10 Å². The second-order valence-electron chi connectivity index (χ2n) is 4.09. The lowest BCUT2D eigenvalue weighted by Crippen LogP contribution is -2.36. The van der Waals surface area contributed by atoms with Crippen molar-refractivity contribution in [1.82, 2.24) is 15.1 Å². The number of aromatic amines is 1. The molecule has 0 radical (unpaired) electrons. The summed E-state index contributed by atoms with van der Waals surface area (Å²) < 4.78 is 0. The van der Waals surface area contributed by atoms with Crippen molar-refractivity contribution in [3.05, 3.63) is 17.5 Å². The van der Waals surface area contributed by atoms with Crippen molar-refractivity contribution in [3.8, 4) is 0 Å². The molecule has 1 aromatic rings. The van der Waals surface area contributed by atoms with Crippen LogP contribution >= 0.6 is 0 Å². The smallest absolute Gasteiger partial charge is 0.257 e. The summed E-state index contributed by atoms with van der Waals surface area (Å²) in [6.45, 7) is 7.83. The average molecular weight is 224 g/mol. The van der Waals surface area contributed by atoms with E-state index in [1.54, 1.807) is 11.1 Å². The Morgan fingerprint density at radius 3 is 2.81 bits per heavy atom. The van der Waals surface area contributed by atoms with Crippen LogP contribution < -0.4 is 5.73 Å². The molecule has 0 aliphatic carbocycles. The van der Waals surface area contributed by atoms with Gasteiger partial charge in [0, 0.05) is 18.8 Å². The molecule has 0 saturated carbocycles. The Kier molecular flexibility index (Phi) is 4.49. The maximum absolute atomic E-state index is 12.1. The van der Waals surface area contributed by atoms with Gasteiger partial charge < -0.3 is 10.6 Å². The summed E-state index contributed by atoms with van der Waals surface area (Å²) >= 11 is 0. The number of hydrogen-bond acceptors (Lipinski definition) is 3. The highest BCUT2D eigenvalue weighted by Gasteiger charge is 2.18. The third-order valence-electron chi connectivity index (χ3n) is 2.66. The van der Waals surface area contributed by atoms with Crippen molar-refractivity contribution in [2.75, 3.05) is 19.6 Å². The summed E-state index contributed by atoms with van der Waals surface area (Å²) in [6.07, 6.45) is 1.58. The summed E-state index contributed by atoms with van der Waals surface area (Å²) in [5, 5.41) is 6.64. The fourth-order valence-corrected chi connectivity index (χ4v) is 1.54. The van der Waals surface area contributed by atoms with Crippen LogP contribution in [-0.4, -0.2) is 40.6 Å². The van der Waals surface area contributed by atoms with E-state index in [0.29, 0.717) is 31.1 Å². The highest BCUT2D eigenvalue weighted by molar-refractivity contribution is 5.95. The second kappa shape index (κ2) is 5.65. The number of H-pyrrole nitrogens is 1. The van der Waals surface area contributed by atoms with Gasteiger partial charge in [0.05, 0.1) is 11.8 Å². The van der Waals surface area contributed by atoms with Gasteiger partial charge in [0.1, 0.15) is 0 Å². The van der Waals surface area contributed by atoms with Crippen molar-refractivity contribution in [1.29, 1.82) is 0 Å². The van der Waals surface area contributed by atoms with Crippen LogP contribution in [0.15, 0.2) is 6.20 Å². The highest BCUT2D eigenvalue weighted by atomic mass is 16.2. The fourth-order valence-electron chi connectivity index (χ4n) is 1.54. The summed E-state index contributed by atoms with van der Waals surface area (Å²) in [4.78, 5) is 13.9. The maximum atomic E-state index is 12.1. The highest BCUT2D eigenvalue weighted by Crippen LogP contribution is 2.09. The third-order valence-corrected chi connectivity index (χ3v) is 2.66. The molecule has 0 saturated heterocycles. The van der Waals surface area contributed by atoms with E-state index in [0.717, 1.165) is 5.69 Å². The van der Waals surface area contributed by atoms with Crippen LogP contribution in [0.25, 0.3) is 0 Å². The predicted molar refractivity (Wildman–Crippen MR) is 63.1 cm³/mol. The molecular weight excluding hydrogens is 204 g/mol. The molecule has 0 aliphatic rings. The van der Waals surface area contributed by atoms with Gasteiger partial charge in [0.25, 0.3) is 5.91 Å². The van der Waals surface area contributed by atoms with Crippen LogP contribution in [0, 0.1) is 12.8 Å². The lowest BCUT2D eigenvalue weighted by Gasteiger charge is -2.23. The van der Waals surface area contributed by atoms with Gasteiger partial charge in [-0.05, 0) is 26.3 Å². The van der Waals surface area contributed by atoms with E-state index in [9.17, 15) is 4.79 Å². The van der Waals surface area contributed by atoms with E-state index in [-0.39, 0.29) is 5.91 Å². The van der Waals surface area contributed by atoms with Crippen molar-refractivity contribution < 1.29 is 4.79 Å². The molecule has 0 bridgehead atoms. The molecule has 0 aliphatic heterocycles. The van der Waals surface area contributed by atoms with Crippen molar-refractivity contribution in [2.24, 2.45) is 11.7 Å². The van der Waals surface area contributed by atoms with Crippen LogP contribution in [0.1, 0.15) is 29.9 Å². The molecule has 1 atom stereocenters. The Bertz CT molecular complexity index is 348. The van der Waals surface area contributed by atoms with Crippen molar-refractivity contribution in [2.45, 2.75) is 20.8 Å². The molecule has 90 valence electrons. The van der Waals surface area contributed by atoms with E-state index in [4.69, 9.17) is 5.73 Å². The maximum Gasteiger partial charge on any atom is 0.257 e. The fraction of sp³-hybridized carbons (Fsp3) is 0.636. The van der Waals surface area contributed by atoms with Gasteiger partial charge >= 0.3 is 0 Å². The number of nitrogens with two attached hydrogens (primary N) is 1. The third kappa shape index (κ3) is 2.82. The Balaban J connectivity index is 2.74. The SMILES string of the molecule is CCN(CC(C)CN)C(=O)c1cn[nH]c1C. The molecule has 5 heteroatoms. The first-order valence-corrected chi connectivity index (χ1v) is 5.59. The summed E-state index contributed by atoms with van der Waals surface area (Å²) in [7, 11) is 0. The molecule has 1 heterocycles. The molecule has 0 fully saturated rings. The van der Waals surface area contributed by atoms with Crippen LogP contribution in [-0.2, 0) is 0 Å². The van der Waals surface area contributed by atoms with Crippen molar-refractivity contribution >= 4 is 5.91 Å². The second-order valence-corrected chi connectivity index (χ2v) is 4.09. The van der Waals surface area contributed by atoms with E-state index < -0.39 is 0 Å². The molecule has 0 spiro atoms. The number of aromatic nitrogens is 2. The van der Waals surface area contributed by atoms with Gasteiger partial charge in [-0.25, -0.2) is 0 Å². The first-order valence-electron chi connectivity index (χ1n) is 5.59. The molecule has 1 unspecified atom stereocenters. The van der Waals surface area contributed by atoms with E-state index >= 15 is 0 Å². The molecule has 5 nitrogen and oxygen atoms in total. The lowest BCUT2D eigenvalue weighted by molar-refractivity contribution is 0.0743. The number of nitrogens with one attached hydrogen (secondary N) is 1. The number of nitrogens with zero attached hydrogens (tertiary/aromatic N) is 2.